The molecule has 0 aromatic carbocycles. The van der Waals surface area contributed by atoms with E-state index in [0.29, 0.717) is 5.56 Å². The number of aryl methyl sites for hydroxylation is 1. The van der Waals surface area contributed by atoms with Gasteiger partial charge in [-0.05, 0) is 18.6 Å². The zero-order valence-electron chi connectivity index (χ0n) is 7.39. The topological polar surface area (TPSA) is 36.7 Å². The smallest absolute Gasteiger partial charge is 0.248 e. The molecule has 0 spiro atoms. The molecule has 1 heterocycles. The third-order valence-electron chi connectivity index (χ3n) is 1.76. The normalized spacial score (nSPS) is 11.1. The summed E-state index contributed by atoms with van der Waals surface area (Å²) in [5, 5.41) is 8.37. The van der Waals surface area contributed by atoms with Crippen molar-refractivity contribution >= 4 is 0 Å². The minimum atomic E-state index is -4.42. The van der Waals surface area contributed by atoms with E-state index in [9.17, 15) is 13.2 Å². The van der Waals surface area contributed by atoms with Crippen molar-refractivity contribution in [3.8, 4) is 6.07 Å². The molecular formula is C9H7F3N2. The molecule has 0 aliphatic heterocycles. The van der Waals surface area contributed by atoms with E-state index in [4.69, 9.17) is 5.26 Å². The average Bonchev–Trinajstić information content (AvgIpc) is 2.07. The fraction of sp³-hybridized carbons (Fsp3) is 0.333. The van der Waals surface area contributed by atoms with Crippen molar-refractivity contribution in [3.05, 3.63) is 29.1 Å². The van der Waals surface area contributed by atoms with Gasteiger partial charge >= 0.3 is 6.18 Å². The minimum Gasteiger partial charge on any atom is -0.248 e. The van der Waals surface area contributed by atoms with Crippen LogP contribution in [0.2, 0.25) is 0 Å². The highest BCUT2D eigenvalue weighted by molar-refractivity contribution is 5.25. The Kier molecular flexibility index (Phi) is 2.75. The van der Waals surface area contributed by atoms with Crippen LogP contribution in [0.25, 0.3) is 0 Å². The Morgan fingerprint density at radius 1 is 1.43 bits per heavy atom. The van der Waals surface area contributed by atoms with Gasteiger partial charge in [-0.2, -0.15) is 18.4 Å². The molecule has 0 amide bonds. The first-order chi connectivity index (χ1) is 6.45. The summed E-state index contributed by atoms with van der Waals surface area (Å²) in [6, 6.07) is 4.04. The highest BCUT2D eigenvalue weighted by Gasteiger charge is 2.32. The summed E-state index contributed by atoms with van der Waals surface area (Å²) in [6.45, 7) is 1.46. The lowest BCUT2D eigenvalue weighted by atomic mass is 10.1. The fourth-order valence-electron chi connectivity index (χ4n) is 1.02. The van der Waals surface area contributed by atoms with Crippen LogP contribution >= 0.6 is 0 Å². The van der Waals surface area contributed by atoms with Crippen molar-refractivity contribution < 1.29 is 13.2 Å². The van der Waals surface area contributed by atoms with Crippen LogP contribution in [0.3, 0.4) is 0 Å². The summed E-state index contributed by atoms with van der Waals surface area (Å²) in [4.78, 5) is 3.39. The van der Waals surface area contributed by atoms with E-state index in [1.54, 1.807) is 0 Å². The summed E-state index contributed by atoms with van der Waals surface area (Å²) < 4.78 is 36.5. The number of aromatic nitrogens is 1. The van der Waals surface area contributed by atoms with Gasteiger partial charge in [-0.25, -0.2) is 4.98 Å². The van der Waals surface area contributed by atoms with Gasteiger partial charge in [0.05, 0.1) is 12.5 Å². The summed E-state index contributed by atoms with van der Waals surface area (Å²) in [7, 11) is 0. The lowest BCUT2D eigenvalue weighted by Gasteiger charge is -2.07. The zero-order chi connectivity index (χ0) is 10.8. The number of rotatable bonds is 1. The molecule has 0 N–H and O–H groups in total. The van der Waals surface area contributed by atoms with Crippen LogP contribution in [0.1, 0.15) is 17.0 Å². The molecule has 2 nitrogen and oxygen atoms in total. The maximum absolute atomic E-state index is 12.2. The van der Waals surface area contributed by atoms with E-state index in [0.717, 1.165) is 6.07 Å². The largest absolute Gasteiger partial charge is 0.433 e. The van der Waals surface area contributed by atoms with Crippen molar-refractivity contribution in [1.29, 1.82) is 5.26 Å². The van der Waals surface area contributed by atoms with Crippen LogP contribution in [0, 0.1) is 18.3 Å². The molecule has 5 heteroatoms. The molecule has 14 heavy (non-hydrogen) atoms. The Morgan fingerprint density at radius 2 is 2.07 bits per heavy atom. The molecule has 0 unspecified atom stereocenters. The Labute approximate surface area is 79.0 Å². The van der Waals surface area contributed by atoms with Gasteiger partial charge in [0.1, 0.15) is 5.69 Å². The summed E-state index contributed by atoms with van der Waals surface area (Å²) >= 11 is 0. The van der Waals surface area contributed by atoms with Gasteiger partial charge in [-0.15, -0.1) is 0 Å². The number of alkyl halides is 3. The van der Waals surface area contributed by atoms with Crippen LogP contribution < -0.4 is 0 Å². The van der Waals surface area contributed by atoms with E-state index >= 15 is 0 Å². The Hall–Kier alpha value is -1.57. The molecule has 0 aliphatic rings. The van der Waals surface area contributed by atoms with E-state index in [-0.39, 0.29) is 12.1 Å². The first kappa shape index (κ1) is 10.5. The monoisotopic (exact) mass is 200 g/mol. The van der Waals surface area contributed by atoms with Crippen LogP contribution in [0.5, 0.6) is 0 Å². The summed E-state index contributed by atoms with van der Waals surface area (Å²) in [5.74, 6) is 0. The minimum absolute atomic E-state index is 0.0803. The Balaban J connectivity index is 3.08. The second kappa shape index (κ2) is 3.66. The maximum Gasteiger partial charge on any atom is 0.433 e. The summed E-state index contributed by atoms with van der Waals surface area (Å²) in [5.41, 5.74) is -0.140. The molecule has 1 rings (SSSR count). The number of hydrogen-bond donors (Lipinski definition) is 0. The molecule has 74 valence electrons. The lowest BCUT2D eigenvalue weighted by Crippen LogP contribution is -2.09. The van der Waals surface area contributed by atoms with Crippen LogP contribution in [0.15, 0.2) is 12.1 Å². The predicted molar refractivity (Wildman–Crippen MR) is 43.3 cm³/mol. The number of nitriles is 1. The molecule has 0 saturated heterocycles. The van der Waals surface area contributed by atoms with Gasteiger partial charge in [0.2, 0.25) is 0 Å². The first-order valence-electron chi connectivity index (χ1n) is 3.86. The second-order valence-electron chi connectivity index (χ2n) is 2.77. The molecule has 1 aromatic rings. The highest BCUT2D eigenvalue weighted by Crippen LogP contribution is 2.28. The van der Waals surface area contributed by atoms with Crippen LogP contribution in [-0.4, -0.2) is 4.98 Å². The summed E-state index contributed by atoms with van der Waals surface area (Å²) in [6.07, 6.45) is -4.34. The Bertz CT molecular complexity index is 377. The molecule has 0 radical (unpaired) electrons. The molecule has 0 atom stereocenters. The van der Waals surface area contributed by atoms with Gasteiger partial charge in [0.15, 0.2) is 0 Å². The predicted octanol–water partition coefficient (Wildman–Crippen LogP) is 2.47. The number of hydrogen-bond acceptors (Lipinski definition) is 2. The standard InChI is InChI=1S/C9H7F3N2/c1-6-7(4-5-13)2-3-8(14-6)9(10,11)12/h2-3H,4H2,1H3. The van der Waals surface area contributed by atoms with Gasteiger partial charge in [0, 0.05) is 5.69 Å². The zero-order valence-corrected chi connectivity index (χ0v) is 7.39. The molecule has 0 bridgehead atoms. The number of halogens is 3. The van der Waals surface area contributed by atoms with Crippen molar-refractivity contribution in [2.45, 2.75) is 19.5 Å². The van der Waals surface area contributed by atoms with Gasteiger partial charge in [0.25, 0.3) is 0 Å². The van der Waals surface area contributed by atoms with Crippen LogP contribution in [0.4, 0.5) is 13.2 Å². The SMILES string of the molecule is Cc1nc(C(F)(F)F)ccc1CC#N. The quantitative estimate of drug-likeness (QED) is 0.698. The second-order valence-corrected chi connectivity index (χ2v) is 2.77. The molecule has 0 fully saturated rings. The lowest BCUT2D eigenvalue weighted by molar-refractivity contribution is -0.141. The molecule has 1 aromatic heterocycles. The van der Waals surface area contributed by atoms with Crippen molar-refractivity contribution in [1.82, 2.24) is 4.98 Å². The van der Waals surface area contributed by atoms with Crippen molar-refractivity contribution in [2.24, 2.45) is 0 Å². The first-order valence-corrected chi connectivity index (χ1v) is 3.86. The Morgan fingerprint density at radius 3 is 2.50 bits per heavy atom. The third kappa shape index (κ3) is 2.22. The van der Waals surface area contributed by atoms with Crippen molar-refractivity contribution in [3.63, 3.8) is 0 Å². The molecule has 0 saturated carbocycles. The van der Waals surface area contributed by atoms with Gasteiger partial charge in [-0.1, -0.05) is 6.07 Å². The highest BCUT2D eigenvalue weighted by atomic mass is 19.4. The number of pyridine rings is 1. The van der Waals surface area contributed by atoms with E-state index in [1.807, 2.05) is 6.07 Å². The van der Waals surface area contributed by atoms with Crippen molar-refractivity contribution in [2.75, 3.05) is 0 Å². The maximum atomic E-state index is 12.2. The third-order valence-corrected chi connectivity index (χ3v) is 1.76. The van der Waals surface area contributed by atoms with E-state index in [2.05, 4.69) is 4.98 Å². The fourth-order valence-corrected chi connectivity index (χ4v) is 1.02. The van der Waals surface area contributed by atoms with E-state index in [1.165, 1.54) is 13.0 Å². The van der Waals surface area contributed by atoms with Gasteiger partial charge in [-0.3, -0.25) is 0 Å². The van der Waals surface area contributed by atoms with Gasteiger partial charge < -0.3 is 0 Å². The molecular weight excluding hydrogens is 193 g/mol. The van der Waals surface area contributed by atoms with E-state index < -0.39 is 11.9 Å². The van der Waals surface area contributed by atoms with Crippen LogP contribution in [-0.2, 0) is 12.6 Å². The molecule has 0 aliphatic carbocycles. The average molecular weight is 200 g/mol. The number of nitrogens with zero attached hydrogens (tertiary/aromatic N) is 2.